The number of carbonyl (C=O) groups excluding carboxylic acids is 1. The molecular formula is C20H24N4O2S. The number of thiophene rings is 1. The second kappa shape index (κ2) is 7.05. The average molecular weight is 385 g/mol. The maximum atomic E-state index is 13.0. The summed E-state index contributed by atoms with van der Waals surface area (Å²) in [5, 5.41) is 16.4. The molecule has 27 heavy (non-hydrogen) atoms. The molecule has 1 saturated carbocycles. The molecule has 0 saturated heterocycles. The van der Waals surface area contributed by atoms with E-state index in [2.05, 4.69) is 15.3 Å². The quantitative estimate of drug-likeness (QED) is 0.721. The van der Waals surface area contributed by atoms with E-state index >= 15 is 0 Å². The van der Waals surface area contributed by atoms with Crippen LogP contribution in [0.5, 0.6) is 0 Å². The lowest BCUT2D eigenvalue weighted by Crippen LogP contribution is -2.42. The fraction of sp³-hybridized carbons (Fsp3) is 0.450. The Kier molecular flexibility index (Phi) is 4.74. The fourth-order valence-corrected chi connectivity index (χ4v) is 4.70. The predicted octanol–water partition coefficient (Wildman–Crippen LogP) is 3.54. The molecule has 1 aliphatic rings. The molecule has 142 valence electrons. The van der Waals surface area contributed by atoms with Gasteiger partial charge >= 0.3 is 0 Å². The molecule has 0 atom stereocenters. The van der Waals surface area contributed by atoms with E-state index in [1.54, 1.807) is 12.5 Å². The molecule has 3 aromatic rings. The summed E-state index contributed by atoms with van der Waals surface area (Å²) in [6, 6.07) is 4.11. The SMILES string of the molecule is CC(C)(O)C1CCC(NC(=O)c2nc(-n3ccnc3)cc3ccsc23)CC1. The number of amides is 1. The van der Waals surface area contributed by atoms with Gasteiger partial charge in [0, 0.05) is 18.4 Å². The summed E-state index contributed by atoms with van der Waals surface area (Å²) >= 11 is 1.53. The van der Waals surface area contributed by atoms with Crippen LogP contribution in [0.4, 0.5) is 0 Å². The van der Waals surface area contributed by atoms with Crippen LogP contribution in [-0.4, -0.2) is 37.2 Å². The number of hydrogen-bond acceptors (Lipinski definition) is 5. The van der Waals surface area contributed by atoms with E-state index in [1.807, 2.05) is 42.1 Å². The number of carbonyl (C=O) groups is 1. The second-order valence-electron chi connectivity index (χ2n) is 7.81. The van der Waals surface area contributed by atoms with Crippen LogP contribution in [0, 0.1) is 5.92 Å². The zero-order chi connectivity index (χ0) is 19.0. The maximum absolute atomic E-state index is 13.0. The van der Waals surface area contributed by atoms with Crippen LogP contribution in [0.3, 0.4) is 0 Å². The van der Waals surface area contributed by atoms with Crippen molar-refractivity contribution in [3.63, 3.8) is 0 Å². The minimum absolute atomic E-state index is 0.129. The third kappa shape index (κ3) is 3.75. The number of nitrogens with zero attached hydrogens (tertiary/aromatic N) is 3. The minimum Gasteiger partial charge on any atom is -0.390 e. The standard InChI is InChI=1S/C20H24N4O2S/c1-20(2,26)14-3-5-15(6-4-14)22-19(25)17-18-13(7-10-27-18)11-16(23-17)24-9-8-21-12-24/h7-12,14-15,26H,3-6H2,1-2H3,(H,22,25). The van der Waals surface area contributed by atoms with Crippen molar-refractivity contribution in [1.29, 1.82) is 0 Å². The van der Waals surface area contributed by atoms with E-state index in [9.17, 15) is 9.90 Å². The molecule has 0 spiro atoms. The third-order valence-corrected chi connectivity index (χ3v) is 6.40. The van der Waals surface area contributed by atoms with Crippen molar-refractivity contribution >= 4 is 27.3 Å². The number of nitrogens with one attached hydrogen (secondary N) is 1. The van der Waals surface area contributed by atoms with Gasteiger partial charge in [0.15, 0.2) is 0 Å². The van der Waals surface area contributed by atoms with Crippen LogP contribution in [0.15, 0.2) is 36.2 Å². The Labute approximate surface area is 162 Å². The molecule has 0 unspecified atom stereocenters. The number of rotatable bonds is 4. The van der Waals surface area contributed by atoms with Gasteiger partial charge in [-0.15, -0.1) is 11.3 Å². The summed E-state index contributed by atoms with van der Waals surface area (Å²) in [7, 11) is 0. The first-order valence-corrected chi connectivity index (χ1v) is 10.2. The molecule has 0 aromatic carbocycles. The normalized spacial score (nSPS) is 20.7. The largest absolute Gasteiger partial charge is 0.390 e. The van der Waals surface area contributed by atoms with Gasteiger partial charge in [-0.05, 0) is 68.3 Å². The highest BCUT2D eigenvalue weighted by Gasteiger charge is 2.32. The fourth-order valence-electron chi connectivity index (χ4n) is 3.84. The maximum Gasteiger partial charge on any atom is 0.271 e. The zero-order valence-corrected chi connectivity index (χ0v) is 16.4. The van der Waals surface area contributed by atoms with E-state index in [0.29, 0.717) is 11.5 Å². The van der Waals surface area contributed by atoms with Gasteiger partial charge in [-0.25, -0.2) is 9.97 Å². The van der Waals surface area contributed by atoms with Crippen molar-refractivity contribution in [2.45, 2.75) is 51.2 Å². The summed E-state index contributed by atoms with van der Waals surface area (Å²) < 4.78 is 2.71. The Morgan fingerprint density at radius 2 is 2.11 bits per heavy atom. The number of fused-ring (bicyclic) bond motifs is 1. The van der Waals surface area contributed by atoms with Gasteiger partial charge in [0.1, 0.15) is 17.8 Å². The van der Waals surface area contributed by atoms with Gasteiger partial charge < -0.3 is 10.4 Å². The highest BCUT2D eigenvalue weighted by molar-refractivity contribution is 7.17. The van der Waals surface area contributed by atoms with E-state index in [0.717, 1.165) is 35.8 Å². The molecule has 2 N–H and O–H groups in total. The smallest absolute Gasteiger partial charge is 0.271 e. The molecule has 1 aliphatic carbocycles. The van der Waals surface area contributed by atoms with Crippen molar-refractivity contribution in [3.8, 4) is 5.82 Å². The molecule has 0 aliphatic heterocycles. The first-order valence-electron chi connectivity index (χ1n) is 9.31. The van der Waals surface area contributed by atoms with E-state index in [-0.39, 0.29) is 17.9 Å². The Bertz CT molecular complexity index is 935. The number of imidazole rings is 1. The summed E-state index contributed by atoms with van der Waals surface area (Å²) in [4.78, 5) is 21.7. The van der Waals surface area contributed by atoms with E-state index < -0.39 is 5.60 Å². The highest BCUT2D eigenvalue weighted by Crippen LogP contribution is 2.33. The van der Waals surface area contributed by atoms with Crippen molar-refractivity contribution < 1.29 is 9.90 Å². The van der Waals surface area contributed by atoms with Gasteiger partial charge in [0.05, 0.1) is 10.3 Å². The Hall–Kier alpha value is -2.25. The molecule has 6 nitrogen and oxygen atoms in total. The predicted molar refractivity (Wildman–Crippen MR) is 106 cm³/mol. The molecule has 0 bridgehead atoms. The molecule has 1 fully saturated rings. The summed E-state index contributed by atoms with van der Waals surface area (Å²) in [6.07, 6.45) is 8.81. The first kappa shape index (κ1) is 18.1. The molecule has 3 aromatic heterocycles. The topological polar surface area (TPSA) is 80.0 Å². The van der Waals surface area contributed by atoms with Crippen LogP contribution < -0.4 is 5.32 Å². The van der Waals surface area contributed by atoms with Gasteiger partial charge in [0.2, 0.25) is 0 Å². The Balaban J connectivity index is 1.54. The van der Waals surface area contributed by atoms with Crippen molar-refractivity contribution in [1.82, 2.24) is 19.9 Å². The van der Waals surface area contributed by atoms with Crippen LogP contribution in [-0.2, 0) is 0 Å². The van der Waals surface area contributed by atoms with Gasteiger partial charge in [-0.2, -0.15) is 0 Å². The van der Waals surface area contributed by atoms with Crippen molar-refractivity contribution in [2.75, 3.05) is 0 Å². The number of aromatic nitrogens is 3. The first-order chi connectivity index (χ1) is 12.9. The van der Waals surface area contributed by atoms with E-state index in [4.69, 9.17) is 0 Å². The number of pyridine rings is 1. The number of aliphatic hydroxyl groups is 1. The molecule has 7 heteroatoms. The van der Waals surface area contributed by atoms with Gasteiger partial charge in [0.25, 0.3) is 5.91 Å². The van der Waals surface area contributed by atoms with Crippen LogP contribution in [0.25, 0.3) is 15.9 Å². The van der Waals surface area contributed by atoms with Crippen molar-refractivity contribution in [2.24, 2.45) is 5.92 Å². The Morgan fingerprint density at radius 1 is 1.33 bits per heavy atom. The zero-order valence-electron chi connectivity index (χ0n) is 15.6. The monoisotopic (exact) mass is 384 g/mol. The number of hydrogen-bond donors (Lipinski definition) is 2. The summed E-state index contributed by atoms with van der Waals surface area (Å²) in [5.41, 5.74) is -0.186. The van der Waals surface area contributed by atoms with Gasteiger partial charge in [-0.1, -0.05) is 0 Å². The second-order valence-corrected chi connectivity index (χ2v) is 8.73. The lowest BCUT2D eigenvalue weighted by atomic mass is 9.77. The van der Waals surface area contributed by atoms with Gasteiger partial charge in [-0.3, -0.25) is 9.36 Å². The van der Waals surface area contributed by atoms with Crippen LogP contribution in [0.2, 0.25) is 0 Å². The lowest BCUT2D eigenvalue weighted by Gasteiger charge is -2.36. The Morgan fingerprint density at radius 3 is 2.78 bits per heavy atom. The van der Waals surface area contributed by atoms with Crippen LogP contribution >= 0.6 is 11.3 Å². The molecule has 0 radical (unpaired) electrons. The molecule has 1 amide bonds. The third-order valence-electron chi connectivity index (χ3n) is 5.47. The minimum atomic E-state index is -0.654. The summed E-state index contributed by atoms with van der Waals surface area (Å²) in [6.45, 7) is 3.74. The average Bonchev–Trinajstić information content (AvgIpc) is 3.32. The summed E-state index contributed by atoms with van der Waals surface area (Å²) in [5.74, 6) is 0.850. The molecular weight excluding hydrogens is 360 g/mol. The van der Waals surface area contributed by atoms with Crippen LogP contribution in [0.1, 0.15) is 50.0 Å². The van der Waals surface area contributed by atoms with E-state index in [1.165, 1.54) is 11.3 Å². The molecule has 4 rings (SSSR count). The highest BCUT2D eigenvalue weighted by atomic mass is 32.1. The van der Waals surface area contributed by atoms with Crippen molar-refractivity contribution in [3.05, 3.63) is 41.9 Å². The lowest BCUT2D eigenvalue weighted by molar-refractivity contribution is -0.00258. The molecule has 3 heterocycles.